The molecule has 4 N–H and O–H groups in total. The fourth-order valence-corrected chi connectivity index (χ4v) is 10.1. The highest BCUT2D eigenvalue weighted by atomic mass is 16.7. The van der Waals surface area contributed by atoms with Gasteiger partial charge in [0.05, 0.1) is 23.9 Å². The fraction of sp³-hybridized carbons (Fsp3) is 0.900. The van der Waals surface area contributed by atoms with Crippen molar-refractivity contribution in [2.24, 2.45) is 34.5 Å². The minimum absolute atomic E-state index is 0.0986. The molecule has 5 fully saturated rings. The van der Waals surface area contributed by atoms with Crippen LogP contribution in [0.1, 0.15) is 72.1 Å². The largest absolute Gasteiger partial charge is 0.458 e. The van der Waals surface area contributed by atoms with Crippen LogP contribution < -0.4 is 0 Å². The van der Waals surface area contributed by atoms with Crippen LogP contribution in [-0.2, 0) is 23.7 Å². The normalized spacial score (nSPS) is 55.3. The van der Waals surface area contributed by atoms with E-state index in [0.717, 1.165) is 44.1 Å². The summed E-state index contributed by atoms with van der Waals surface area (Å²) in [5.41, 5.74) is -0.455. The van der Waals surface area contributed by atoms with Gasteiger partial charge in [0, 0.05) is 25.0 Å². The number of ether oxygens (including phenoxy) is 4. The molecule has 2 aliphatic heterocycles. The fourth-order valence-electron chi connectivity index (χ4n) is 10.1. The molecule has 1 saturated heterocycles. The molecule has 0 spiro atoms. The molecule has 4 saturated carbocycles. The number of hydrogen-bond donors (Lipinski definition) is 4. The zero-order valence-electron chi connectivity index (χ0n) is 23.6. The summed E-state index contributed by atoms with van der Waals surface area (Å²) in [6.07, 6.45) is 2.74. The van der Waals surface area contributed by atoms with Gasteiger partial charge < -0.3 is 39.4 Å². The van der Waals surface area contributed by atoms with E-state index < -0.39 is 42.4 Å². The average molecular weight is 551 g/mol. The van der Waals surface area contributed by atoms with Gasteiger partial charge in [0.15, 0.2) is 6.29 Å². The Morgan fingerprint density at radius 2 is 1.77 bits per heavy atom. The van der Waals surface area contributed by atoms with Crippen molar-refractivity contribution in [2.75, 3.05) is 13.7 Å². The quantitative estimate of drug-likeness (QED) is 0.307. The molecule has 220 valence electrons. The molecule has 6 aliphatic rings. The van der Waals surface area contributed by atoms with Crippen LogP contribution in [0.15, 0.2) is 11.6 Å². The first-order chi connectivity index (χ1) is 18.4. The second-order valence-corrected chi connectivity index (χ2v) is 13.8. The highest BCUT2D eigenvalue weighted by Gasteiger charge is 2.69. The molecule has 9 nitrogen and oxygen atoms in total. The van der Waals surface area contributed by atoms with Gasteiger partial charge in [-0.25, -0.2) is 4.79 Å². The summed E-state index contributed by atoms with van der Waals surface area (Å²) < 4.78 is 22.6. The highest BCUT2D eigenvalue weighted by Crippen LogP contribution is 2.70. The molecular weight excluding hydrogens is 504 g/mol. The van der Waals surface area contributed by atoms with Gasteiger partial charge in [0.2, 0.25) is 0 Å². The molecule has 14 atom stereocenters. The van der Waals surface area contributed by atoms with E-state index in [4.69, 9.17) is 18.9 Å². The Labute approximate surface area is 230 Å². The van der Waals surface area contributed by atoms with E-state index in [-0.39, 0.29) is 46.6 Å². The standard InChI is InChI=1S/C30H46O9/c1-15-24(33)26(36-4)25(34)27(38-15)39-18-12-17-5-6-21-20(29(17,3)22(31)13-18)7-9-28(2)19(8-10-30(21,28)35)16-11-23(32)37-14-16/h11,15,17-22,24-27,31,33-35H,5-10,12-14H2,1-4H3/t15-,17+,18+,19+,20+,21+,22+,24-,25-,26+,27+,28+,29-,30-/m0/s1. The lowest BCUT2D eigenvalue weighted by molar-refractivity contribution is -0.317. The number of rotatable bonds is 4. The molecule has 4 aliphatic carbocycles. The van der Waals surface area contributed by atoms with Gasteiger partial charge >= 0.3 is 5.97 Å². The van der Waals surface area contributed by atoms with E-state index in [1.807, 2.05) is 0 Å². The van der Waals surface area contributed by atoms with Gasteiger partial charge in [-0.15, -0.1) is 0 Å². The van der Waals surface area contributed by atoms with E-state index in [1.165, 1.54) is 7.11 Å². The second kappa shape index (κ2) is 9.75. The first kappa shape index (κ1) is 28.1. The van der Waals surface area contributed by atoms with Crippen molar-refractivity contribution < 1.29 is 44.2 Å². The Hall–Kier alpha value is -1.07. The number of esters is 1. The maximum Gasteiger partial charge on any atom is 0.331 e. The molecule has 0 aromatic heterocycles. The predicted molar refractivity (Wildman–Crippen MR) is 139 cm³/mol. The topological polar surface area (TPSA) is 135 Å². The van der Waals surface area contributed by atoms with Crippen molar-refractivity contribution in [1.29, 1.82) is 0 Å². The van der Waals surface area contributed by atoms with Crippen molar-refractivity contribution in [3.8, 4) is 0 Å². The Kier molecular flexibility index (Phi) is 7.02. The van der Waals surface area contributed by atoms with Gasteiger partial charge in [-0.1, -0.05) is 13.8 Å². The summed E-state index contributed by atoms with van der Waals surface area (Å²) in [6, 6.07) is 0. The van der Waals surface area contributed by atoms with Crippen LogP contribution in [0.5, 0.6) is 0 Å². The van der Waals surface area contributed by atoms with Crippen molar-refractivity contribution >= 4 is 5.97 Å². The van der Waals surface area contributed by atoms with Crippen LogP contribution in [-0.4, -0.2) is 88.6 Å². The summed E-state index contributed by atoms with van der Waals surface area (Å²) in [7, 11) is 1.45. The number of fused-ring (bicyclic) bond motifs is 5. The number of hydrogen-bond acceptors (Lipinski definition) is 9. The molecule has 0 aromatic carbocycles. The lowest BCUT2D eigenvalue weighted by Gasteiger charge is -2.64. The Balaban J connectivity index is 1.19. The van der Waals surface area contributed by atoms with E-state index in [2.05, 4.69) is 13.8 Å². The molecular formula is C30H46O9. The van der Waals surface area contributed by atoms with Crippen LogP contribution >= 0.6 is 0 Å². The van der Waals surface area contributed by atoms with E-state index in [1.54, 1.807) is 13.0 Å². The molecule has 0 radical (unpaired) electrons. The number of carbonyl (C=O) groups excluding carboxylic acids is 1. The van der Waals surface area contributed by atoms with Gasteiger partial charge in [0.1, 0.15) is 24.9 Å². The van der Waals surface area contributed by atoms with Crippen molar-refractivity contribution in [2.45, 2.75) is 121 Å². The zero-order chi connectivity index (χ0) is 27.9. The van der Waals surface area contributed by atoms with E-state index in [9.17, 15) is 25.2 Å². The van der Waals surface area contributed by atoms with Crippen molar-refractivity contribution in [1.82, 2.24) is 0 Å². The zero-order valence-corrected chi connectivity index (χ0v) is 23.6. The van der Waals surface area contributed by atoms with Gasteiger partial charge in [-0.2, -0.15) is 0 Å². The SMILES string of the molecule is CO[C@H]1[C@H](O)[C@@H](O[C@@H]2C[C@H]3CC[C@@H]4[C@@H](CC[C@]5(C)[C@@H](C6=CC(=O)OC6)CC[C@]45O)[C@@]3(C)[C@H](O)C2)O[C@@H](C)[C@@H]1O. The lowest BCUT2D eigenvalue weighted by Crippen LogP contribution is -2.65. The summed E-state index contributed by atoms with van der Waals surface area (Å²) in [5.74, 6) is 0.393. The van der Waals surface area contributed by atoms with E-state index >= 15 is 0 Å². The van der Waals surface area contributed by atoms with Crippen molar-refractivity contribution in [3.05, 3.63) is 11.6 Å². The summed E-state index contributed by atoms with van der Waals surface area (Å²) >= 11 is 0. The number of carbonyl (C=O) groups is 1. The molecule has 6 rings (SSSR count). The van der Waals surface area contributed by atoms with Crippen LogP contribution in [0.3, 0.4) is 0 Å². The molecule has 0 unspecified atom stereocenters. The molecule has 0 aromatic rings. The summed E-state index contributed by atoms with van der Waals surface area (Å²) in [5, 5.41) is 45.2. The maximum absolute atomic E-state index is 12.4. The lowest BCUT2D eigenvalue weighted by atomic mass is 9.42. The minimum atomic E-state index is -1.13. The second-order valence-electron chi connectivity index (χ2n) is 13.8. The molecule has 39 heavy (non-hydrogen) atoms. The Morgan fingerprint density at radius 1 is 1.00 bits per heavy atom. The maximum atomic E-state index is 12.4. The van der Waals surface area contributed by atoms with Gasteiger partial charge in [0.25, 0.3) is 0 Å². The molecule has 0 bridgehead atoms. The number of cyclic esters (lactones) is 1. The Bertz CT molecular complexity index is 1000. The number of methoxy groups -OCH3 is 1. The summed E-state index contributed by atoms with van der Waals surface area (Å²) in [4.78, 5) is 11.8. The third-order valence-corrected chi connectivity index (χ3v) is 12.4. The third kappa shape index (κ3) is 4.02. The van der Waals surface area contributed by atoms with Crippen LogP contribution in [0.2, 0.25) is 0 Å². The predicted octanol–water partition coefficient (Wildman–Crippen LogP) is 2.08. The monoisotopic (exact) mass is 550 g/mol. The molecule has 9 heteroatoms. The highest BCUT2D eigenvalue weighted by molar-refractivity contribution is 5.85. The number of aliphatic hydroxyl groups is 4. The van der Waals surface area contributed by atoms with Crippen LogP contribution in [0.25, 0.3) is 0 Å². The van der Waals surface area contributed by atoms with E-state index in [0.29, 0.717) is 19.4 Å². The van der Waals surface area contributed by atoms with Gasteiger partial charge in [-0.05, 0) is 86.5 Å². The number of aliphatic hydroxyl groups excluding tert-OH is 3. The first-order valence-electron chi connectivity index (χ1n) is 14.9. The molecule has 0 amide bonds. The van der Waals surface area contributed by atoms with Crippen LogP contribution in [0.4, 0.5) is 0 Å². The Morgan fingerprint density at radius 3 is 2.46 bits per heavy atom. The van der Waals surface area contributed by atoms with Crippen LogP contribution in [0, 0.1) is 34.5 Å². The first-order valence-corrected chi connectivity index (χ1v) is 14.9. The smallest absolute Gasteiger partial charge is 0.331 e. The third-order valence-electron chi connectivity index (χ3n) is 12.4. The molecule has 2 heterocycles. The minimum Gasteiger partial charge on any atom is -0.458 e. The average Bonchev–Trinajstić information content (AvgIpc) is 3.43. The van der Waals surface area contributed by atoms with Crippen molar-refractivity contribution in [3.63, 3.8) is 0 Å². The summed E-state index contributed by atoms with van der Waals surface area (Å²) in [6.45, 7) is 6.49. The van der Waals surface area contributed by atoms with Gasteiger partial charge in [-0.3, -0.25) is 0 Å².